The molecule has 0 fully saturated rings. The normalized spacial score (nSPS) is 13.4. The minimum absolute atomic E-state index is 0.0489. The number of aryl methyl sites for hydroxylation is 1. The van der Waals surface area contributed by atoms with Crippen molar-refractivity contribution in [3.63, 3.8) is 0 Å². The number of benzene rings is 3. The molecule has 0 radical (unpaired) electrons. The second-order valence-corrected chi connectivity index (χ2v) is 10.5. The molecule has 0 spiro atoms. The van der Waals surface area contributed by atoms with Gasteiger partial charge < -0.3 is 18.4 Å². The van der Waals surface area contributed by atoms with E-state index in [2.05, 4.69) is 11.8 Å². The van der Waals surface area contributed by atoms with Crippen LogP contribution in [0.25, 0.3) is 6.08 Å². The van der Waals surface area contributed by atoms with Crippen LogP contribution < -0.4 is 18.4 Å². The van der Waals surface area contributed by atoms with E-state index in [4.69, 9.17) is 18.4 Å². The molecule has 1 aliphatic rings. The summed E-state index contributed by atoms with van der Waals surface area (Å²) in [7, 11) is -2.57. The molecule has 37 heavy (non-hydrogen) atoms. The van der Waals surface area contributed by atoms with Gasteiger partial charge in [0.25, 0.3) is 0 Å². The van der Waals surface area contributed by atoms with Gasteiger partial charge in [-0.3, -0.25) is 4.79 Å². The predicted octanol–water partition coefficient (Wildman–Crippen LogP) is 5.28. The van der Waals surface area contributed by atoms with Gasteiger partial charge in [0.15, 0.2) is 5.75 Å². The van der Waals surface area contributed by atoms with Gasteiger partial charge >= 0.3 is 16.1 Å². The quantitative estimate of drug-likeness (QED) is 0.197. The Labute approximate surface area is 216 Å². The fourth-order valence-electron chi connectivity index (χ4n) is 3.62. The second-order valence-electron chi connectivity index (χ2n) is 8.95. The highest BCUT2D eigenvalue weighted by Gasteiger charge is 2.25. The van der Waals surface area contributed by atoms with E-state index in [1.165, 1.54) is 38.3 Å². The number of carbonyl (C=O) groups is 1. The van der Waals surface area contributed by atoms with Crippen LogP contribution in [0.5, 0.6) is 23.0 Å². The number of fused-ring (bicyclic) bond motifs is 1. The van der Waals surface area contributed by atoms with E-state index in [1.54, 1.807) is 30.3 Å². The topological polar surface area (TPSA) is 88.1 Å². The molecule has 1 heterocycles. The van der Waals surface area contributed by atoms with Crippen LogP contribution in [-0.2, 0) is 14.9 Å². The van der Waals surface area contributed by atoms with Crippen molar-refractivity contribution in [3.05, 3.63) is 82.9 Å². The molecule has 0 saturated heterocycles. The van der Waals surface area contributed by atoms with Crippen molar-refractivity contribution in [3.8, 4) is 34.8 Å². The lowest BCUT2D eigenvalue weighted by Gasteiger charge is -2.28. The summed E-state index contributed by atoms with van der Waals surface area (Å²) >= 11 is 0. The first kappa shape index (κ1) is 25.9. The number of esters is 1. The maximum Gasteiger partial charge on any atom is 0.339 e. The van der Waals surface area contributed by atoms with Crippen molar-refractivity contribution >= 4 is 22.2 Å². The summed E-state index contributed by atoms with van der Waals surface area (Å²) in [6.45, 7) is 7.04. The third-order valence-electron chi connectivity index (χ3n) is 5.45. The Kier molecular flexibility index (Phi) is 7.01. The summed E-state index contributed by atoms with van der Waals surface area (Å²) < 4.78 is 47.5. The van der Waals surface area contributed by atoms with Crippen LogP contribution in [0.4, 0.5) is 0 Å². The Balaban J connectivity index is 1.66. The Morgan fingerprint density at radius 1 is 0.973 bits per heavy atom. The molecule has 0 saturated carbocycles. The highest BCUT2D eigenvalue weighted by Crippen LogP contribution is 2.39. The molecule has 8 heteroatoms. The minimum atomic E-state index is -4.02. The van der Waals surface area contributed by atoms with E-state index < -0.39 is 21.7 Å². The summed E-state index contributed by atoms with van der Waals surface area (Å²) in [5.41, 5.74) is 2.04. The number of rotatable bonds is 5. The van der Waals surface area contributed by atoms with Crippen molar-refractivity contribution in [1.82, 2.24) is 0 Å². The van der Waals surface area contributed by atoms with Gasteiger partial charge in [-0.2, -0.15) is 8.42 Å². The largest absolute Gasteiger partial charge is 0.495 e. The van der Waals surface area contributed by atoms with Gasteiger partial charge in [0, 0.05) is 13.0 Å². The molecule has 7 nitrogen and oxygen atoms in total. The first-order chi connectivity index (χ1) is 17.5. The fraction of sp³-hybridized carbons (Fsp3) is 0.207. The highest BCUT2D eigenvalue weighted by atomic mass is 32.2. The first-order valence-corrected chi connectivity index (χ1v) is 12.8. The molecule has 0 aromatic heterocycles. The zero-order valence-corrected chi connectivity index (χ0v) is 21.9. The Morgan fingerprint density at radius 3 is 2.32 bits per heavy atom. The monoisotopic (exact) mass is 518 g/mol. The molecule has 0 bridgehead atoms. The fourth-order valence-corrected chi connectivity index (χ4v) is 4.55. The first-order valence-electron chi connectivity index (χ1n) is 11.4. The summed E-state index contributed by atoms with van der Waals surface area (Å²) in [5.74, 6) is 6.84. The van der Waals surface area contributed by atoms with Crippen LogP contribution in [0.3, 0.4) is 0 Å². The summed E-state index contributed by atoms with van der Waals surface area (Å²) in [6.07, 6.45) is 3.73. The van der Waals surface area contributed by atoms with Gasteiger partial charge in [0.05, 0.1) is 23.8 Å². The van der Waals surface area contributed by atoms with Crippen LogP contribution in [0.2, 0.25) is 0 Å². The van der Waals surface area contributed by atoms with Gasteiger partial charge in [-0.1, -0.05) is 29.5 Å². The van der Waals surface area contributed by atoms with Gasteiger partial charge in [-0.05, 0) is 69.3 Å². The van der Waals surface area contributed by atoms with E-state index in [-0.39, 0.29) is 10.6 Å². The van der Waals surface area contributed by atoms with Gasteiger partial charge in [0.2, 0.25) is 0 Å². The van der Waals surface area contributed by atoms with Crippen LogP contribution in [0.1, 0.15) is 43.0 Å². The molecular weight excluding hydrogens is 492 g/mol. The van der Waals surface area contributed by atoms with Crippen molar-refractivity contribution in [2.45, 2.75) is 38.2 Å². The number of carbonyl (C=O) groups excluding carboxylic acids is 1. The third kappa shape index (κ3) is 5.96. The van der Waals surface area contributed by atoms with Gasteiger partial charge in [-0.15, -0.1) is 0 Å². The van der Waals surface area contributed by atoms with Crippen molar-refractivity contribution < 1.29 is 31.6 Å². The maximum absolute atomic E-state index is 12.6. The molecule has 0 unspecified atom stereocenters. The lowest BCUT2D eigenvalue weighted by Crippen LogP contribution is -2.27. The van der Waals surface area contributed by atoms with Crippen molar-refractivity contribution in [1.29, 1.82) is 0 Å². The van der Waals surface area contributed by atoms with Crippen LogP contribution >= 0.6 is 0 Å². The third-order valence-corrected chi connectivity index (χ3v) is 6.71. The van der Waals surface area contributed by atoms with Gasteiger partial charge in [0.1, 0.15) is 27.7 Å². The molecule has 0 amide bonds. The molecule has 1 aliphatic heterocycles. The zero-order chi connectivity index (χ0) is 26.8. The molecule has 190 valence electrons. The Morgan fingerprint density at radius 2 is 1.65 bits per heavy atom. The van der Waals surface area contributed by atoms with Crippen LogP contribution in [-0.4, -0.2) is 27.1 Å². The van der Waals surface area contributed by atoms with Crippen molar-refractivity contribution in [2.24, 2.45) is 0 Å². The number of methoxy groups -OCH3 is 1. The molecule has 0 N–H and O–H groups in total. The van der Waals surface area contributed by atoms with Gasteiger partial charge in [-0.25, -0.2) is 0 Å². The number of hydrogen-bond donors (Lipinski definition) is 0. The SMILES string of the molecule is COc1cc(OS(=O)(=O)c2ccc(C)cc2)ccc1C#Cc1ccc2c(c1OC(C)=O)C=CC(C)(C)O2. The number of ether oxygens (including phenoxy) is 3. The lowest BCUT2D eigenvalue weighted by molar-refractivity contribution is -0.131. The van der Waals surface area contributed by atoms with E-state index in [9.17, 15) is 13.2 Å². The van der Waals surface area contributed by atoms with Crippen molar-refractivity contribution in [2.75, 3.05) is 7.11 Å². The zero-order valence-electron chi connectivity index (χ0n) is 21.1. The van der Waals surface area contributed by atoms with Crippen LogP contribution in [0, 0.1) is 18.8 Å². The molecule has 3 aromatic rings. The average molecular weight is 519 g/mol. The Bertz CT molecular complexity index is 1550. The van der Waals surface area contributed by atoms with E-state index in [1.807, 2.05) is 32.9 Å². The van der Waals surface area contributed by atoms with Crippen LogP contribution in [0.15, 0.2) is 65.6 Å². The number of hydrogen-bond acceptors (Lipinski definition) is 7. The summed E-state index contributed by atoms with van der Waals surface area (Å²) in [4.78, 5) is 11.9. The Hall–Kier alpha value is -4.22. The molecule has 3 aromatic carbocycles. The lowest BCUT2D eigenvalue weighted by atomic mass is 9.99. The van der Waals surface area contributed by atoms with E-state index >= 15 is 0 Å². The molecule has 0 atom stereocenters. The second kappa shape index (κ2) is 10.0. The maximum atomic E-state index is 12.6. The average Bonchev–Trinajstić information content (AvgIpc) is 2.83. The molecule has 4 rings (SSSR count). The summed E-state index contributed by atoms with van der Waals surface area (Å²) in [6, 6.07) is 14.4. The molecular formula is C29H26O7S. The highest BCUT2D eigenvalue weighted by molar-refractivity contribution is 7.87. The molecule has 0 aliphatic carbocycles. The predicted molar refractivity (Wildman–Crippen MR) is 139 cm³/mol. The standard InChI is InChI=1S/C29H26O7S/c1-19-6-13-24(14-7-19)37(31,32)36-23-12-10-21(27(18-23)33-5)8-9-22-11-15-26-25(28(22)34-20(2)30)16-17-29(3,4)35-26/h6-7,10-18H,1-5H3. The van der Waals surface area contributed by atoms with E-state index in [0.29, 0.717) is 33.9 Å². The minimum Gasteiger partial charge on any atom is -0.495 e. The van der Waals surface area contributed by atoms with E-state index in [0.717, 1.165) is 5.56 Å². The smallest absolute Gasteiger partial charge is 0.339 e. The summed E-state index contributed by atoms with van der Waals surface area (Å²) in [5, 5.41) is 0.